The van der Waals surface area contributed by atoms with E-state index in [1.165, 1.54) is 36.2 Å². The minimum atomic E-state index is -3.98. The number of ether oxygens (including phenoxy) is 1. The summed E-state index contributed by atoms with van der Waals surface area (Å²) >= 11 is 5.92. The number of carbonyl (C=O) groups excluding carboxylic acids is 2. The number of methoxy groups -OCH3 is 1. The van der Waals surface area contributed by atoms with Gasteiger partial charge in [-0.1, -0.05) is 61.0 Å². The Balaban J connectivity index is 1.97. The summed E-state index contributed by atoms with van der Waals surface area (Å²) < 4.78 is 32.7. The maximum absolute atomic E-state index is 13.8. The van der Waals surface area contributed by atoms with Gasteiger partial charge in [-0.2, -0.15) is 4.31 Å². The van der Waals surface area contributed by atoms with Crippen LogP contribution in [0.25, 0.3) is 0 Å². The van der Waals surface area contributed by atoms with Crippen LogP contribution < -0.4 is 10.1 Å². The van der Waals surface area contributed by atoms with Gasteiger partial charge >= 0.3 is 0 Å². The first-order valence-electron chi connectivity index (χ1n) is 12.6. The van der Waals surface area contributed by atoms with E-state index in [-0.39, 0.29) is 23.8 Å². The molecule has 0 heterocycles. The van der Waals surface area contributed by atoms with Gasteiger partial charge in [-0.25, -0.2) is 8.42 Å². The molecule has 0 bridgehead atoms. The topological polar surface area (TPSA) is 96.0 Å². The lowest BCUT2D eigenvalue weighted by Crippen LogP contribution is -2.53. The molecule has 0 radical (unpaired) electrons. The predicted molar refractivity (Wildman–Crippen MR) is 152 cm³/mol. The van der Waals surface area contributed by atoms with Crippen molar-refractivity contribution in [2.45, 2.75) is 37.2 Å². The van der Waals surface area contributed by atoms with Gasteiger partial charge in [0, 0.05) is 31.6 Å². The summed E-state index contributed by atoms with van der Waals surface area (Å²) in [5, 5.41) is 3.31. The first-order valence-corrected chi connectivity index (χ1v) is 14.4. The van der Waals surface area contributed by atoms with Gasteiger partial charge in [-0.05, 0) is 53.9 Å². The van der Waals surface area contributed by atoms with Gasteiger partial charge in [0.05, 0.1) is 18.6 Å². The predicted octanol–water partition coefficient (Wildman–Crippen LogP) is 4.14. The van der Waals surface area contributed by atoms with Crippen LogP contribution >= 0.6 is 11.6 Å². The molecule has 0 aromatic heterocycles. The van der Waals surface area contributed by atoms with Crippen molar-refractivity contribution >= 4 is 33.4 Å². The molecule has 0 unspecified atom stereocenters. The van der Waals surface area contributed by atoms with E-state index in [1.807, 2.05) is 43.3 Å². The Hall–Kier alpha value is -3.40. The number of benzene rings is 3. The van der Waals surface area contributed by atoms with Gasteiger partial charge in [-0.15, -0.1) is 0 Å². The standard InChI is InChI=1S/C29H34ClN3O5S/c1-4-17-31-29(35)27(19-22-9-6-5-7-10-22)33(20-23-11-8-12-25(18-23)38-3)28(34)21-32(2)39(36,37)26-15-13-24(30)14-16-26/h5-16,18,27H,4,17,19-21H2,1-3H3,(H,31,35)/t27-/m0/s1. The SMILES string of the molecule is CCCNC(=O)[C@H](Cc1ccccc1)N(Cc1cccc(OC)c1)C(=O)CN(C)S(=O)(=O)c1ccc(Cl)cc1. The first kappa shape index (κ1) is 30.1. The molecule has 3 aromatic carbocycles. The van der Waals surface area contributed by atoms with Crippen molar-refractivity contribution in [1.82, 2.24) is 14.5 Å². The van der Waals surface area contributed by atoms with Crippen molar-refractivity contribution in [3.8, 4) is 5.75 Å². The third-order valence-corrected chi connectivity index (χ3v) is 8.26. The lowest BCUT2D eigenvalue weighted by molar-refractivity contribution is -0.141. The molecule has 39 heavy (non-hydrogen) atoms. The molecule has 0 aliphatic heterocycles. The van der Waals surface area contributed by atoms with Gasteiger partial charge in [-0.3, -0.25) is 9.59 Å². The highest BCUT2D eigenvalue weighted by Gasteiger charge is 2.33. The number of hydrogen-bond acceptors (Lipinski definition) is 5. The zero-order chi connectivity index (χ0) is 28.4. The highest BCUT2D eigenvalue weighted by molar-refractivity contribution is 7.89. The molecule has 8 nitrogen and oxygen atoms in total. The largest absolute Gasteiger partial charge is 0.497 e. The van der Waals surface area contributed by atoms with Crippen LogP contribution in [0.3, 0.4) is 0 Å². The van der Waals surface area contributed by atoms with Gasteiger partial charge < -0.3 is 15.0 Å². The van der Waals surface area contributed by atoms with Crippen LogP contribution in [0, 0.1) is 0 Å². The molecule has 3 aromatic rings. The van der Waals surface area contributed by atoms with Crippen LogP contribution in [-0.4, -0.2) is 62.7 Å². The van der Waals surface area contributed by atoms with Crippen LogP contribution in [0.1, 0.15) is 24.5 Å². The molecule has 2 amide bonds. The third-order valence-electron chi connectivity index (χ3n) is 6.19. The summed E-state index contributed by atoms with van der Waals surface area (Å²) in [6, 6.07) is 21.5. The summed E-state index contributed by atoms with van der Waals surface area (Å²) in [5.41, 5.74) is 1.62. The van der Waals surface area contributed by atoms with E-state index < -0.39 is 28.5 Å². The van der Waals surface area contributed by atoms with Gasteiger partial charge in [0.2, 0.25) is 21.8 Å². The zero-order valence-electron chi connectivity index (χ0n) is 22.3. The molecule has 1 atom stereocenters. The maximum Gasteiger partial charge on any atom is 0.243 e. The Kier molecular flexibility index (Phi) is 10.9. The highest BCUT2D eigenvalue weighted by Crippen LogP contribution is 2.21. The minimum absolute atomic E-state index is 0.0167. The van der Waals surface area contributed by atoms with E-state index in [9.17, 15) is 18.0 Å². The molecule has 1 N–H and O–H groups in total. The Labute approximate surface area is 235 Å². The van der Waals surface area contributed by atoms with Gasteiger partial charge in [0.15, 0.2) is 0 Å². The Morgan fingerprint density at radius 3 is 2.28 bits per heavy atom. The number of rotatable bonds is 13. The van der Waals surface area contributed by atoms with E-state index in [0.29, 0.717) is 17.3 Å². The number of sulfonamides is 1. The average Bonchev–Trinajstić information content (AvgIpc) is 2.94. The van der Waals surface area contributed by atoms with Crippen LogP contribution in [-0.2, 0) is 32.6 Å². The molecular formula is C29H34ClN3O5S. The molecule has 0 saturated heterocycles. The zero-order valence-corrected chi connectivity index (χ0v) is 23.9. The van der Waals surface area contributed by atoms with Crippen molar-refractivity contribution < 1.29 is 22.7 Å². The van der Waals surface area contributed by atoms with E-state index in [2.05, 4.69) is 5.32 Å². The number of halogens is 1. The average molecular weight is 572 g/mol. The van der Waals surface area contributed by atoms with Crippen LogP contribution in [0.15, 0.2) is 83.8 Å². The maximum atomic E-state index is 13.8. The normalized spacial score (nSPS) is 12.1. The molecule has 0 spiro atoms. The lowest BCUT2D eigenvalue weighted by atomic mass is 10.0. The van der Waals surface area contributed by atoms with Crippen molar-refractivity contribution in [1.29, 1.82) is 0 Å². The van der Waals surface area contributed by atoms with E-state index >= 15 is 0 Å². The summed E-state index contributed by atoms with van der Waals surface area (Å²) in [5.74, 6) is -0.206. The van der Waals surface area contributed by atoms with Crippen molar-refractivity contribution in [3.05, 3.63) is 95.0 Å². The molecule has 10 heteroatoms. The van der Waals surface area contributed by atoms with E-state index in [4.69, 9.17) is 16.3 Å². The summed E-state index contributed by atoms with van der Waals surface area (Å²) in [4.78, 5) is 28.7. The van der Waals surface area contributed by atoms with Crippen LogP contribution in [0.2, 0.25) is 5.02 Å². The fourth-order valence-electron chi connectivity index (χ4n) is 4.04. The molecule has 0 aliphatic carbocycles. The number of nitrogens with one attached hydrogen (secondary N) is 1. The first-order chi connectivity index (χ1) is 18.6. The van der Waals surface area contributed by atoms with Gasteiger partial charge in [0.25, 0.3) is 0 Å². The van der Waals surface area contributed by atoms with Gasteiger partial charge in [0.1, 0.15) is 11.8 Å². The smallest absolute Gasteiger partial charge is 0.243 e. The molecule has 0 fully saturated rings. The summed E-state index contributed by atoms with van der Waals surface area (Å²) in [6.07, 6.45) is 0.995. The molecule has 208 valence electrons. The fraction of sp³-hybridized carbons (Fsp3) is 0.310. The molecule has 3 rings (SSSR count). The third kappa shape index (κ3) is 8.29. The Bertz CT molecular complexity index is 1350. The Morgan fingerprint density at radius 2 is 1.64 bits per heavy atom. The Morgan fingerprint density at radius 1 is 0.974 bits per heavy atom. The van der Waals surface area contributed by atoms with E-state index in [0.717, 1.165) is 21.9 Å². The minimum Gasteiger partial charge on any atom is -0.497 e. The molecular weight excluding hydrogens is 538 g/mol. The second kappa shape index (κ2) is 14.1. The number of nitrogens with zero attached hydrogens (tertiary/aromatic N) is 2. The molecule has 0 aliphatic rings. The summed E-state index contributed by atoms with van der Waals surface area (Å²) in [7, 11) is -1.09. The number of likely N-dealkylation sites (N-methyl/N-ethyl adjacent to an activating group) is 1. The van der Waals surface area contributed by atoms with Crippen LogP contribution in [0.4, 0.5) is 0 Å². The monoisotopic (exact) mass is 571 g/mol. The molecule has 0 saturated carbocycles. The quantitative estimate of drug-likeness (QED) is 0.333. The van der Waals surface area contributed by atoms with Crippen molar-refractivity contribution in [2.75, 3.05) is 27.2 Å². The van der Waals surface area contributed by atoms with Crippen molar-refractivity contribution in [3.63, 3.8) is 0 Å². The van der Waals surface area contributed by atoms with Crippen LogP contribution in [0.5, 0.6) is 5.75 Å². The fourth-order valence-corrected chi connectivity index (χ4v) is 5.29. The van der Waals surface area contributed by atoms with E-state index in [1.54, 1.807) is 25.3 Å². The highest BCUT2D eigenvalue weighted by atomic mass is 35.5. The lowest BCUT2D eigenvalue weighted by Gasteiger charge is -2.32. The number of hydrogen-bond donors (Lipinski definition) is 1. The second-order valence-corrected chi connectivity index (χ2v) is 11.6. The second-order valence-electron chi connectivity index (χ2n) is 9.08. The summed E-state index contributed by atoms with van der Waals surface area (Å²) in [6.45, 7) is 2.03. The number of carbonyl (C=O) groups is 2. The van der Waals surface area contributed by atoms with Crippen molar-refractivity contribution in [2.24, 2.45) is 0 Å². The number of amides is 2.